The highest BCUT2D eigenvalue weighted by molar-refractivity contribution is 7.10. The number of hydrogen-bond acceptors (Lipinski definition) is 4. The fourth-order valence-electron chi connectivity index (χ4n) is 1.92. The minimum atomic E-state index is -0.210. The van der Waals surface area contributed by atoms with Crippen LogP contribution in [0.5, 0.6) is 0 Å². The van der Waals surface area contributed by atoms with Crippen molar-refractivity contribution >= 4 is 29.7 Å². The van der Waals surface area contributed by atoms with Gasteiger partial charge in [-0.2, -0.15) is 0 Å². The molecule has 108 valence electrons. The van der Waals surface area contributed by atoms with Crippen molar-refractivity contribution in [3.8, 4) is 0 Å². The number of rotatable bonds is 4. The average Bonchev–Trinajstić information content (AvgIpc) is 2.92. The maximum Gasteiger partial charge on any atom is 0.239 e. The Morgan fingerprint density at radius 2 is 2.42 bits per heavy atom. The summed E-state index contributed by atoms with van der Waals surface area (Å²) >= 11 is 1.73. The Hall–Kier alpha value is -0.620. The standard InChI is InChI=1S/C13H20N2O2S.ClH/c1-13(2,11-4-3-7-18-11)9-15-12(16)10-8-17-6-5-14-10;/h3-4,7,10,14H,5-6,8-9H2,1-2H3,(H,15,16);1H. The average molecular weight is 305 g/mol. The summed E-state index contributed by atoms with van der Waals surface area (Å²) in [6.45, 7) is 6.82. The smallest absolute Gasteiger partial charge is 0.239 e. The Bertz CT molecular complexity index is 389. The lowest BCUT2D eigenvalue weighted by atomic mass is 9.91. The van der Waals surface area contributed by atoms with Crippen molar-refractivity contribution in [1.82, 2.24) is 10.6 Å². The lowest BCUT2D eigenvalue weighted by molar-refractivity contribution is -0.126. The Morgan fingerprint density at radius 1 is 1.63 bits per heavy atom. The molecule has 0 saturated carbocycles. The molecular weight excluding hydrogens is 284 g/mol. The SMILES string of the molecule is CC(C)(CNC(=O)C1COCCN1)c1cccs1.Cl. The van der Waals surface area contributed by atoms with Crippen molar-refractivity contribution in [3.63, 3.8) is 0 Å². The van der Waals surface area contributed by atoms with E-state index in [1.807, 2.05) is 6.07 Å². The molecule has 2 rings (SSSR count). The van der Waals surface area contributed by atoms with Gasteiger partial charge in [0.2, 0.25) is 5.91 Å². The van der Waals surface area contributed by atoms with Gasteiger partial charge in [0.25, 0.3) is 0 Å². The Balaban J connectivity index is 0.00000180. The second-order valence-corrected chi connectivity index (χ2v) is 6.11. The summed E-state index contributed by atoms with van der Waals surface area (Å²) in [5.74, 6) is 0.0272. The van der Waals surface area contributed by atoms with E-state index in [1.54, 1.807) is 11.3 Å². The molecule has 1 aliphatic rings. The third-order valence-corrected chi connectivity index (χ3v) is 4.37. The highest BCUT2D eigenvalue weighted by Gasteiger charge is 2.26. The van der Waals surface area contributed by atoms with E-state index >= 15 is 0 Å². The van der Waals surface area contributed by atoms with Gasteiger partial charge in [-0.25, -0.2) is 0 Å². The molecule has 0 radical (unpaired) electrons. The lowest BCUT2D eigenvalue weighted by Crippen LogP contribution is -2.52. The Labute approximate surface area is 124 Å². The lowest BCUT2D eigenvalue weighted by Gasteiger charge is -2.27. The van der Waals surface area contributed by atoms with Gasteiger partial charge in [0.15, 0.2) is 0 Å². The first-order valence-corrected chi connectivity index (χ1v) is 7.10. The minimum Gasteiger partial charge on any atom is -0.378 e. The van der Waals surface area contributed by atoms with Crippen LogP contribution in [-0.4, -0.2) is 38.3 Å². The first-order chi connectivity index (χ1) is 8.59. The van der Waals surface area contributed by atoms with E-state index in [1.165, 1.54) is 4.88 Å². The fraction of sp³-hybridized carbons (Fsp3) is 0.615. The van der Waals surface area contributed by atoms with Crippen molar-refractivity contribution in [2.24, 2.45) is 0 Å². The van der Waals surface area contributed by atoms with E-state index in [4.69, 9.17) is 4.74 Å². The summed E-state index contributed by atoms with van der Waals surface area (Å²) < 4.78 is 5.29. The summed E-state index contributed by atoms with van der Waals surface area (Å²) in [5, 5.41) is 8.23. The maximum absolute atomic E-state index is 12.0. The van der Waals surface area contributed by atoms with Gasteiger partial charge in [0.05, 0.1) is 13.2 Å². The van der Waals surface area contributed by atoms with Crippen LogP contribution in [-0.2, 0) is 14.9 Å². The summed E-state index contributed by atoms with van der Waals surface area (Å²) in [6, 6.07) is 3.94. The summed E-state index contributed by atoms with van der Waals surface area (Å²) in [6.07, 6.45) is 0. The number of carbonyl (C=O) groups excluding carboxylic acids is 1. The third kappa shape index (κ3) is 4.45. The van der Waals surface area contributed by atoms with Crippen molar-refractivity contribution in [2.75, 3.05) is 26.3 Å². The zero-order chi connectivity index (χ0) is 13.0. The molecule has 19 heavy (non-hydrogen) atoms. The van der Waals surface area contributed by atoms with Crippen LogP contribution in [0.4, 0.5) is 0 Å². The Kier molecular flexibility index (Phi) is 6.26. The molecule has 2 N–H and O–H groups in total. The van der Waals surface area contributed by atoms with Crippen LogP contribution in [0.15, 0.2) is 17.5 Å². The van der Waals surface area contributed by atoms with Gasteiger partial charge in [-0.15, -0.1) is 23.7 Å². The molecule has 2 heterocycles. The zero-order valence-corrected chi connectivity index (χ0v) is 12.9. The van der Waals surface area contributed by atoms with Gasteiger partial charge in [0, 0.05) is 23.4 Å². The van der Waals surface area contributed by atoms with Crippen molar-refractivity contribution in [2.45, 2.75) is 25.3 Å². The molecule has 1 atom stereocenters. The van der Waals surface area contributed by atoms with Crippen LogP contribution in [0.3, 0.4) is 0 Å². The topological polar surface area (TPSA) is 50.4 Å². The van der Waals surface area contributed by atoms with Gasteiger partial charge in [-0.3, -0.25) is 4.79 Å². The molecule has 0 aliphatic carbocycles. The number of carbonyl (C=O) groups is 1. The van der Waals surface area contributed by atoms with E-state index in [0.717, 1.165) is 6.54 Å². The van der Waals surface area contributed by atoms with E-state index in [-0.39, 0.29) is 29.8 Å². The molecule has 1 aromatic heterocycles. The Morgan fingerprint density at radius 3 is 3.00 bits per heavy atom. The number of thiophene rings is 1. The largest absolute Gasteiger partial charge is 0.378 e. The van der Waals surface area contributed by atoms with Crippen LogP contribution in [0.25, 0.3) is 0 Å². The predicted octanol–water partition coefficient (Wildman–Crippen LogP) is 1.55. The molecule has 1 unspecified atom stereocenters. The minimum absolute atomic E-state index is 0. The summed E-state index contributed by atoms with van der Waals surface area (Å²) in [5.41, 5.74) is -0.0284. The number of nitrogens with one attached hydrogen (secondary N) is 2. The zero-order valence-electron chi connectivity index (χ0n) is 11.3. The summed E-state index contributed by atoms with van der Waals surface area (Å²) in [7, 11) is 0. The molecular formula is C13H21ClN2O2S. The quantitative estimate of drug-likeness (QED) is 0.887. The highest BCUT2D eigenvalue weighted by atomic mass is 35.5. The highest BCUT2D eigenvalue weighted by Crippen LogP contribution is 2.26. The van der Waals surface area contributed by atoms with E-state index < -0.39 is 0 Å². The van der Waals surface area contributed by atoms with Crippen LogP contribution in [0.1, 0.15) is 18.7 Å². The van der Waals surface area contributed by atoms with Crippen molar-refractivity contribution in [1.29, 1.82) is 0 Å². The second kappa shape index (κ2) is 7.24. The van der Waals surface area contributed by atoms with Crippen LogP contribution >= 0.6 is 23.7 Å². The van der Waals surface area contributed by atoms with Gasteiger partial charge in [-0.1, -0.05) is 19.9 Å². The molecule has 1 saturated heterocycles. The predicted molar refractivity (Wildman–Crippen MR) is 80.2 cm³/mol. The van der Waals surface area contributed by atoms with E-state index in [2.05, 4.69) is 35.9 Å². The van der Waals surface area contributed by atoms with Crippen LogP contribution in [0, 0.1) is 0 Å². The number of hydrogen-bond donors (Lipinski definition) is 2. The third-order valence-electron chi connectivity index (χ3n) is 3.13. The van der Waals surface area contributed by atoms with Crippen LogP contribution < -0.4 is 10.6 Å². The number of amides is 1. The van der Waals surface area contributed by atoms with Gasteiger partial charge in [-0.05, 0) is 11.4 Å². The van der Waals surface area contributed by atoms with Gasteiger partial charge < -0.3 is 15.4 Å². The summed E-state index contributed by atoms with van der Waals surface area (Å²) in [4.78, 5) is 13.3. The normalized spacial score (nSPS) is 19.6. The number of ether oxygens (including phenoxy) is 1. The second-order valence-electron chi connectivity index (χ2n) is 5.16. The van der Waals surface area contributed by atoms with Gasteiger partial charge >= 0.3 is 0 Å². The molecule has 0 aromatic carbocycles. The fourth-order valence-corrected chi connectivity index (χ4v) is 2.77. The van der Waals surface area contributed by atoms with Crippen molar-refractivity contribution < 1.29 is 9.53 Å². The first kappa shape index (κ1) is 16.4. The molecule has 6 heteroatoms. The number of morpholine rings is 1. The van der Waals surface area contributed by atoms with E-state index in [9.17, 15) is 4.79 Å². The molecule has 1 amide bonds. The molecule has 0 spiro atoms. The molecule has 0 bridgehead atoms. The first-order valence-electron chi connectivity index (χ1n) is 6.22. The van der Waals surface area contributed by atoms with Crippen molar-refractivity contribution in [3.05, 3.63) is 22.4 Å². The molecule has 1 aliphatic heterocycles. The molecule has 1 aromatic rings. The molecule has 1 fully saturated rings. The maximum atomic E-state index is 12.0. The van der Waals surface area contributed by atoms with Gasteiger partial charge in [0.1, 0.15) is 6.04 Å². The molecule has 4 nitrogen and oxygen atoms in total. The number of halogens is 1. The van der Waals surface area contributed by atoms with E-state index in [0.29, 0.717) is 19.8 Å². The van der Waals surface area contributed by atoms with Crippen LogP contribution in [0.2, 0.25) is 0 Å². The monoisotopic (exact) mass is 304 g/mol.